The Morgan fingerprint density at radius 3 is 1.93 bits per heavy atom. The summed E-state index contributed by atoms with van der Waals surface area (Å²) in [4.78, 5) is 25.8. The molecule has 2 heterocycles. The second kappa shape index (κ2) is 13.3. The average Bonchev–Trinajstić information content (AvgIpc) is 3.35. The van der Waals surface area contributed by atoms with E-state index in [-0.39, 0.29) is 38.9 Å². The molecule has 7 aliphatic rings. The third kappa shape index (κ3) is 5.63. The molecule has 308 valence electrons. The van der Waals surface area contributed by atoms with Crippen LogP contribution in [0.25, 0.3) is 0 Å². The Morgan fingerprint density at radius 1 is 0.667 bits per heavy atom. The van der Waals surface area contributed by atoms with Gasteiger partial charge in [-0.05, 0) is 122 Å². The maximum absolute atomic E-state index is 13.3. The first-order valence-corrected chi connectivity index (χ1v) is 20.5. The zero-order valence-corrected chi connectivity index (χ0v) is 33.2. The number of ether oxygens (including phenoxy) is 4. The number of aliphatic hydroxyl groups excluding tert-OH is 5. The molecule has 0 aromatic heterocycles. The van der Waals surface area contributed by atoms with Gasteiger partial charge < -0.3 is 54.7 Å². The predicted octanol–water partition coefficient (Wildman–Crippen LogP) is 3.84. The van der Waals surface area contributed by atoms with E-state index in [0.29, 0.717) is 18.8 Å². The molecular weight excluding hydrogens is 700 g/mol. The Labute approximate surface area is 319 Å². The lowest BCUT2D eigenvalue weighted by atomic mass is 9.29. The lowest BCUT2D eigenvalue weighted by Crippen LogP contribution is -2.70. The molecule has 2 saturated heterocycles. The van der Waals surface area contributed by atoms with Crippen molar-refractivity contribution in [2.24, 2.45) is 50.2 Å². The molecule has 18 unspecified atom stereocenters. The van der Waals surface area contributed by atoms with Crippen molar-refractivity contribution < 1.29 is 64.3 Å². The fraction of sp³-hybridized carbons (Fsp3) is 0.951. The van der Waals surface area contributed by atoms with Gasteiger partial charge in [0.1, 0.15) is 36.6 Å². The van der Waals surface area contributed by atoms with E-state index in [9.17, 15) is 45.3 Å². The molecule has 5 saturated carbocycles. The van der Waals surface area contributed by atoms with Crippen LogP contribution in [0.3, 0.4) is 0 Å². The second-order valence-corrected chi connectivity index (χ2v) is 20.6. The van der Waals surface area contributed by atoms with Crippen LogP contribution in [0.4, 0.5) is 0 Å². The van der Waals surface area contributed by atoms with Gasteiger partial charge >= 0.3 is 11.9 Å². The van der Waals surface area contributed by atoms with E-state index in [0.717, 1.165) is 64.2 Å². The normalized spacial score (nSPS) is 55.5. The molecule has 7 rings (SSSR count). The lowest BCUT2D eigenvalue weighted by molar-refractivity contribution is -0.356. The number of hydrogen-bond acceptors (Lipinski definition) is 11. The van der Waals surface area contributed by atoms with Gasteiger partial charge in [0.2, 0.25) is 0 Å². The minimum absolute atomic E-state index is 0.0415. The Bertz CT molecular complexity index is 1470. The van der Waals surface area contributed by atoms with E-state index in [2.05, 4.69) is 41.5 Å². The van der Waals surface area contributed by atoms with E-state index in [1.165, 1.54) is 0 Å². The van der Waals surface area contributed by atoms with E-state index in [1.807, 2.05) is 6.92 Å². The Hall–Kier alpha value is -1.42. The van der Waals surface area contributed by atoms with Gasteiger partial charge in [0, 0.05) is 0 Å². The van der Waals surface area contributed by atoms with Crippen LogP contribution < -0.4 is 0 Å². The number of carbonyl (C=O) groups is 2. The minimum atomic E-state index is -1.80. The molecule has 0 spiro atoms. The van der Waals surface area contributed by atoms with Crippen LogP contribution in [0.15, 0.2) is 0 Å². The van der Waals surface area contributed by atoms with Crippen molar-refractivity contribution in [2.75, 3.05) is 6.61 Å². The van der Waals surface area contributed by atoms with Crippen molar-refractivity contribution in [1.29, 1.82) is 0 Å². The summed E-state index contributed by atoms with van der Waals surface area (Å²) in [5, 5.41) is 73.8. The molecule has 7 N–H and O–H groups in total. The van der Waals surface area contributed by atoms with Crippen LogP contribution in [0.2, 0.25) is 0 Å². The highest BCUT2D eigenvalue weighted by Crippen LogP contribution is 2.79. The van der Waals surface area contributed by atoms with Crippen molar-refractivity contribution in [3.63, 3.8) is 0 Å². The molecule has 5 aliphatic carbocycles. The quantitative estimate of drug-likeness (QED) is 0.197. The van der Waals surface area contributed by atoms with Gasteiger partial charge in [-0.15, -0.1) is 0 Å². The molecule has 7 fully saturated rings. The van der Waals surface area contributed by atoms with Gasteiger partial charge in [-0.2, -0.15) is 0 Å². The monoisotopic (exact) mass is 766 g/mol. The van der Waals surface area contributed by atoms with Gasteiger partial charge in [-0.25, -0.2) is 4.79 Å². The van der Waals surface area contributed by atoms with Crippen LogP contribution >= 0.6 is 0 Å². The largest absolute Gasteiger partial charge is 0.481 e. The molecule has 0 radical (unpaired) electrons. The zero-order valence-electron chi connectivity index (χ0n) is 33.2. The lowest BCUT2D eigenvalue weighted by Gasteiger charge is -2.75. The number of carboxylic acid groups (broad SMARTS) is 2. The van der Waals surface area contributed by atoms with Crippen LogP contribution in [0, 0.1) is 50.2 Å². The molecule has 0 aromatic rings. The summed E-state index contributed by atoms with van der Waals surface area (Å²) in [6.45, 7) is 15.7. The average molecular weight is 767 g/mol. The number of fused-ring (bicyclic) bond motifs is 7. The standard InChI is InChI=1S/C41H66O13/c1-35(2)15-17-41(34(49)50)18-16-38(5)24(39(41,6)20-35)10-9-22-36(3)12-8-13-40(7,23(36)11-14-37(22,38)4)54-33-28(46)26(44)29(30(53-33)31(47)48)52-32-27(45)25(43)21(19-42)51-32/h21-30,32-33,42-46H,8-20H2,1-7H3,(H,47,48)(H,49,50). The third-order valence-electron chi connectivity index (χ3n) is 17.6. The summed E-state index contributed by atoms with van der Waals surface area (Å²) < 4.78 is 23.6. The highest BCUT2D eigenvalue weighted by Gasteiger charge is 2.74. The number of rotatable bonds is 7. The van der Waals surface area contributed by atoms with Gasteiger partial charge in [-0.1, -0.05) is 48.0 Å². The molecular formula is C41H66O13. The van der Waals surface area contributed by atoms with Crippen molar-refractivity contribution in [3.8, 4) is 0 Å². The van der Waals surface area contributed by atoms with Crippen LogP contribution in [0.5, 0.6) is 0 Å². The first kappa shape index (κ1) is 40.8. The Kier molecular flexibility index (Phi) is 10.0. The summed E-state index contributed by atoms with van der Waals surface area (Å²) in [6, 6.07) is 0. The van der Waals surface area contributed by atoms with E-state index in [1.54, 1.807) is 0 Å². The Balaban J connectivity index is 1.13. The fourth-order valence-corrected chi connectivity index (χ4v) is 14.8. The van der Waals surface area contributed by atoms with Gasteiger partial charge in [0.05, 0.1) is 17.6 Å². The summed E-state index contributed by atoms with van der Waals surface area (Å²) in [5.74, 6) is -1.42. The summed E-state index contributed by atoms with van der Waals surface area (Å²) >= 11 is 0. The second-order valence-electron chi connectivity index (χ2n) is 20.6. The first-order valence-electron chi connectivity index (χ1n) is 20.5. The number of aliphatic hydroxyl groups is 5. The van der Waals surface area contributed by atoms with E-state index < -0.39 is 84.9 Å². The molecule has 13 heteroatoms. The van der Waals surface area contributed by atoms with Crippen molar-refractivity contribution in [3.05, 3.63) is 0 Å². The number of hydrogen-bond donors (Lipinski definition) is 7. The van der Waals surface area contributed by atoms with E-state index >= 15 is 0 Å². The van der Waals surface area contributed by atoms with Crippen LogP contribution in [-0.2, 0) is 28.5 Å². The highest BCUT2D eigenvalue weighted by molar-refractivity contribution is 5.76. The molecule has 0 amide bonds. The highest BCUT2D eigenvalue weighted by atomic mass is 16.7. The maximum Gasteiger partial charge on any atom is 0.335 e. The molecule has 2 aliphatic heterocycles. The number of carboxylic acids is 2. The summed E-state index contributed by atoms with van der Waals surface area (Å²) in [7, 11) is 0. The van der Waals surface area contributed by atoms with Crippen LogP contribution in [0.1, 0.15) is 126 Å². The van der Waals surface area contributed by atoms with Gasteiger partial charge in [0.25, 0.3) is 0 Å². The van der Waals surface area contributed by atoms with Crippen molar-refractivity contribution in [2.45, 2.75) is 186 Å². The molecule has 0 bridgehead atoms. The minimum Gasteiger partial charge on any atom is -0.481 e. The SMILES string of the molecule is CC1(C)CCC2(C(=O)O)CCC3(C)C(CCC4C5(C)CCCC(C)(OC6OC(C(=O)O)C(OC7OC(CO)C(O)C7O)C(O)C6O)C5CCC43C)C2(C)C1. The van der Waals surface area contributed by atoms with Gasteiger partial charge in [0.15, 0.2) is 18.7 Å². The van der Waals surface area contributed by atoms with E-state index in [4.69, 9.17) is 18.9 Å². The smallest absolute Gasteiger partial charge is 0.335 e. The molecule has 0 aromatic carbocycles. The molecule has 18 atom stereocenters. The maximum atomic E-state index is 13.3. The predicted molar refractivity (Wildman–Crippen MR) is 193 cm³/mol. The first-order chi connectivity index (χ1) is 25.0. The Morgan fingerprint density at radius 2 is 1.30 bits per heavy atom. The van der Waals surface area contributed by atoms with Crippen molar-refractivity contribution >= 4 is 11.9 Å². The van der Waals surface area contributed by atoms with Crippen molar-refractivity contribution in [1.82, 2.24) is 0 Å². The van der Waals surface area contributed by atoms with Gasteiger partial charge in [-0.3, -0.25) is 4.79 Å². The molecule has 54 heavy (non-hydrogen) atoms. The third-order valence-corrected chi connectivity index (χ3v) is 17.6. The summed E-state index contributed by atoms with van der Waals surface area (Å²) in [6.07, 6.45) is -3.90. The topological polar surface area (TPSA) is 213 Å². The fourth-order valence-electron chi connectivity index (χ4n) is 14.8. The number of aliphatic carboxylic acids is 2. The summed E-state index contributed by atoms with van der Waals surface area (Å²) in [5.41, 5.74) is -2.01. The molecule has 13 nitrogen and oxygen atoms in total. The zero-order chi connectivity index (χ0) is 39.6. The van der Waals surface area contributed by atoms with Crippen LogP contribution in [-0.4, -0.2) is 115 Å².